The highest BCUT2D eigenvalue weighted by atomic mass is 32.2. The fraction of sp³-hybridized carbons (Fsp3) is 0.350. The van der Waals surface area contributed by atoms with Crippen LogP contribution >= 0.6 is 0 Å². The Morgan fingerprint density at radius 2 is 1.71 bits per heavy atom. The van der Waals surface area contributed by atoms with E-state index in [1.165, 1.54) is 12.1 Å². The number of anilines is 1. The minimum absolute atomic E-state index is 0.0514. The molecule has 0 aliphatic carbocycles. The van der Waals surface area contributed by atoms with Gasteiger partial charge in [-0.1, -0.05) is 6.07 Å². The van der Waals surface area contributed by atoms with Crippen LogP contribution in [0.2, 0.25) is 0 Å². The standard InChI is InChI=1S/C20H22N2O5S/c1-14-4-6-16(13-17(14)20(23)22-8-2-3-9-22)28(24,25)21-15-5-7-18-19(12-15)27-11-10-26-18/h4-7,12-13,21H,2-3,8-11H2,1H3. The largest absolute Gasteiger partial charge is 0.486 e. The first kappa shape index (κ1) is 18.6. The second-order valence-electron chi connectivity index (χ2n) is 6.94. The number of amides is 1. The average molecular weight is 402 g/mol. The number of hydrogen-bond donors (Lipinski definition) is 1. The summed E-state index contributed by atoms with van der Waals surface area (Å²) in [5, 5.41) is 0. The fourth-order valence-corrected chi connectivity index (χ4v) is 4.49. The van der Waals surface area contributed by atoms with Gasteiger partial charge in [0.2, 0.25) is 0 Å². The monoisotopic (exact) mass is 402 g/mol. The maximum absolute atomic E-state index is 12.9. The number of likely N-dealkylation sites (tertiary alicyclic amines) is 1. The van der Waals surface area contributed by atoms with E-state index < -0.39 is 10.0 Å². The molecule has 2 aliphatic heterocycles. The van der Waals surface area contributed by atoms with Crippen LogP contribution in [0.15, 0.2) is 41.3 Å². The van der Waals surface area contributed by atoms with E-state index in [-0.39, 0.29) is 10.8 Å². The molecular formula is C20H22N2O5S. The number of fused-ring (bicyclic) bond motifs is 1. The zero-order valence-electron chi connectivity index (χ0n) is 15.6. The highest BCUT2D eigenvalue weighted by Gasteiger charge is 2.24. The van der Waals surface area contributed by atoms with Gasteiger partial charge in [0.1, 0.15) is 13.2 Å². The number of rotatable bonds is 4. The van der Waals surface area contributed by atoms with E-state index in [0.29, 0.717) is 49.1 Å². The third kappa shape index (κ3) is 3.64. The zero-order valence-corrected chi connectivity index (χ0v) is 16.4. The van der Waals surface area contributed by atoms with Gasteiger partial charge in [0.05, 0.1) is 10.6 Å². The summed E-state index contributed by atoms with van der Waals surface area (Å²) in [6.07, 6.45) is 1.96. The van der Waals surface area contributed by atoms with Gasteiger partial charge in [0, 0.05) is 24.7 Å². The summed E-state index contributed by atoms with van der Waals surface area (Å²) in [4.78, 5) is 14.6. The van der Waals surface area contributed by atoms with Crippen LogP contribution in [0.4, 0.5) is 5.69 Å². The van der Waals surface area contributed by atoms with Crippen molar-refractivity contribution in [3.8, 4) is 11.5 Å². The van der Waals surface area contributed by atoms with Crippen LogP contribution in [0, 0.1) is 6.92 Å². The molecule has 2 heterocycles. The lowest BCUT2D eigenvalue weighted by Gasteiger charge is -2.19. The van der Waals surface area contributed by atoms with E-state index in [4.69, 9.17) is 9.47 Å². The van der Waals surface area contributed by atoms with E-state index in [1.54, 1.807) is 29.2 Å². The van der Waals surface area contributed by atoms with E-state index in [9.17, 15) is 13.2 Å². The molecule has 28 heavy (non-hydrogen) atoms. The van der Waals surface area contributed by atoms with Crippen LogP contribution in [0.1, 0.15) is 28.8 Å². The van der Waals surface area contributed by atoms with Crippen molar-refractivity contribution in [1.29, 1.82) is 0 Å². The lowest BCUT2D eigenvalue weighted by atomic mass is 10.1. The Kier molecular flexibility index (Phi) is 4.89. The molecule has 7 nitrogen and oxygen atoms in total. The second-order valence-corrected chi connectivity index (χ2v) is 8.62. The molecule has 0 aromatic heterocycles. The Morgan fingerprint density at radius 1 is 1.00 bits per heavy atom. The van der Waals surface area contributed by atoms with Crippen molar-refractivity contribution in [1.82, 2.24) is 4.90 Å². The highest BCUT2D eigenvalue weighted by molar-refractivity contribution is 7.92. The summed E-state index contributed by atoms with van der Waals surface area (Å²) in [6, 6.07) is 9.52. The van der Waals surface area contributed by atoms with Crippen LogP contribution in [-0.4, -0.2) is 45.5 Å². The summed E-state index contributed by atoms with van der Waals surface area (Å²) < 4.78 is 39.2. The van der Waals surface area contributed by atoms with Crippen molar-refractivity contribution in [2.45, 2.75) is 24.7 Å². The summed E-state index contributed by atoms with van der Waals surface area (Å²) in [5.41, 5.74) is 1.55. The van der Waals surface area contributed by atoms with Gasteiger partial charge in [-0.3, -0.25) is 9.52 Å². The van der Waals surface area contributed by atoms with Gasteiger partial charge in [0.25, 0.3) is 15.9 Å². The van der Waals surface area contributed by atoms with Gasteiger partial charge in [0.15, 0.2) is 11.5 Å². The number of ether oxygens (including phenoxy) is 2. The predicted molar refractivity (Wildman–Crippen MR) is 105 cm³/mol. The van der Waals surface area contributed by atoms with Crippen LogP contribution in [-0.2, 0) is 10.0 Å². The lowest BCUT2D eigenvalue weighted by molar-refractivity contribution is 0.0792. The maximum Gasteiger partial charge on any atom is 0.261 e. The molecule has 0 atom stereocenters. The Morgan fingerprint density at radius 3 is 2.46 bits per heavy atom. The molecule has 2 aliphatic rings. The molecule has 2 aromatic carbocycles. The average Bonchev–Trinajstić information content (AvgIpc) is 3.22. The number of carbonyl (C=O) groups is 1. The van der Waals surface area contributed by atoms with Gasteiger partial charge in [-0.05, 0) is 49.6 Å². The minimum atomic E-state index is -3.85. The quantitative estimate of drug-likeness (QED) is 0.850. The normalized spacial score (nSPS) is 16.1. The smallest absolute Gasteiger partial charge is 0.261 e. The third-order valence-electron chi connectivity index (χ3n) is 4.94. The van der Waals surface area contributed by atoms with Crippen molar-refractivity contribution in [2.24, 2.45) is 0 Å². The molecule has 0 unspecified atom stereocenters. The van der Waals surface area contributed by atoms with Crippen molar-refractivity contribution >= 4 is 21.6 Å². The molecule has 2 aromatic rings. The first-order valence-corrected chi connectivity index (χ1v) is 10.7. The number of sulfonamides is 1. The van der Waals surface area contributed by atoms with Crippen LogP contribution in [0.5, 0.6) is 11.5 Å². The van der Waals surface area contributed by atoms with E-state index in [2.05, 4.69) is 4.72 Å². The lowest BCUT2D eigenvalue weighted by Crippen LogP contribution is -2.28. The molecule has 4 rings (SSSR count). The first-order chi connectivity index (χ1) is 13.4. The molecule has 1 amide bonds. The van der Waals surface area contributed by atoms with Crippen molar-refractivity contribution < 1.29 is 22.7 Å². The molecular weight excluding hydrogens is 380 g/mol. The topological polar surface area (TPSA) is 84.9 Å². The Balaban J connectivity index is 1.60. The predicted octanol–water partition coefficient (Wildman–Crippen LogP) is 2.80. The van der Waals surface area contributed by atoms with Crippen LogP contribution in [0.3, 0.4) is 0 Å². The molecule has 1 saturated heterocycles. The Labute approximate surface area is 164 Å². The number of hydrogen-bond acceptors (Lipinski definition) is 5. The van der Waals surface area contributed by atoms with E-state index in [0.717, 1.165) is 18.4 Å². The molecule has 0 bridgehead atoms. The SMILES string of the molecule is Cc1ccc(S(=O)(=O)Nc2ccc3c(c2)OCCO3)cc1C(=O)N1CCCC1. The Bertz CT molecular complexity index is 1010. The molecule has 1 fully saturated rings. The van der Waals surface area contributed by atoms with Gasteiger partial charge < -0.3 is 14.4 Å². The molecule has 8 heteroatoms. The highest BCUT2D eigenvalue weighted by Crippen LogP contribution is 2.33. The van der Waals surface area contributed by atoms with Gasteiger partial charge in [-0.2, -0.15) is 0 Å². The molecule has 0 spiro atoms. The van der Waals surface area contributed by atoms with Crippen LogP contribution < -0.4 is 14.2 Å². The van der Waals surface area contributed by atoms with Gasteiger partial charge >= 0.3 is 0 Å². The van der Waals surface area contributed by atoms with Crippen molar-refractivity contribution in [3.63, 3.8) is 0 Å². The number of nitrogens with one attached hydrogen (secondary N) is 1. The van der Waals surface area contributed by atoms with Crippen molar-refractivity contribution in [3.05, 3.63) is 47.5 Å². The van der Waals surface area contributed by atoms with Gasteiger partial charge in [-0.25, -0.2) is 8.42 Å². The summed E-state index contributed by atoms with van der Waals surface area (Å²) in [5.74, 6) is 0.967. The van der Waals surface area contributed by atoms with E-state index in [1.807, 2.05) is 6.92 Å². The number of aryl methyl sites for hydroxylation is 1. The second kappa shape index (κ2) is 7.35. The third-order valence-corrected chi connectivity index (χ3v) is 6.32. The molecule has 1 N–H and O–H groups in total. The molecule has 148 valence electrons. The molecule has 0 radical (unpaired) electrons. The zero-order chi connectivity index (χ0) is 19.7. The number of nitrogens with zero attached hydrogens (tertiary/aromatic N) is 1. The van der Waals surface area contributed by atoms with Crippen LogP contribution in [0.25, 0.3) is 0 Å². The summed E-state index contributed by atoms with van der Waals surface area (Å²) in [6.45, 7) is 4.13. The molecule has 0 saturated carbocycles. The first-order valence-electron chi connectivity index (χ1n) is 9.26. The van der Waals surface area contributed by atoms with Crippen molar-refractivity contribution in [2.75, 3.05) is 31.0 Å². The van der Waals surface area contributed by atoms with E-state index >= 15 is 0 Å². The van der Waals surface area contributed by atoms with Gasteiger partial charge in [-0.15, -0.1) is 0 Å². The maximum atomic E-state index is 12.9. The number of carbonyl (C=O) groups excluding carboxylic acids is 1. The number of benzene rings is 2. The summed E-state index contributed by atoms with van der Waals surface area (Å²) in [7, 11) is -3.85. The fourth-order valence-electron chi connectivity index (χ4n) is 3.41. The summed E-state index contributed by atoms with van der Waals surface area (Å²) >= 11 is 0. The Hall–Kier alpha value is -2.74. The minimum Gasteiger partial charge on any atom is -0.486 e.